The normalized spacial score (nSPS) is 24.8. The van der Waals surface area contributed by atoms with Crippen LogP contribution in [0, 0.1) is 5.92 Å². The highest BCUT2D eigenvalue weighted by Gasteiger charge is 2.28. The van der Waals surface area contributed by atoms with Crippen LogP contribution in [0.1, 0.15) is 77.6 Å². The van der Waals surface area contributed by atoms with Gasteiger partial charge in [0.25, 0.3) is 0 Å². The molecule has 1 unspecified atom stereocenters. The van der Waals surface area contributed by atoms with Gasteiger partial charge in [0.15, 0.2) is 0 Å². The van der Waals surface area contributed by atoms with Crippen molar-refractivity contribution >= 4 is 0 Å². The van der Waals surface area contributed by atoms with Crippen molar-refractivity contribution in [1.82, 2.24) is 4.90 Å². The van der Waals surface area contributed by atoms with Crippen molar-refractivity contribution in [3.8, 4) is 0 Å². The Morgan fingerprint density at radius 2 is 1.53 bits per heavy atom. The summed E-state index contributed by atoms with van der Waals surface area (Å²) in [4.78, 5) is 2.76. The first-order chi connectivity index (χ1) is 9.35. The largest absolute Gasteiger partial charge is 0.329 e. The number of rotatable bonds is 6. The fourth-order valence-corrected chi connectivity index (χ4v) is 4.40. The van der Waals surface area contributed by atoms with Gasteiger partial charge in [-0.15, -0.1) is 0 Å². The zero-order chi connectivity index (χ0) is 13.5. The first kappa shape index (κ1) is 15.3. The van der Waals surface area contributed by atoms with Gasteiger partial charge in [-0.1, -0.05) is 58.3 Å². The molecule has 0 aliphatic heterocycles. The van der Waals surface area contributed by atoms with Crippen LogP contribution >= 0.6 is 0 Å². The maximum absolute atomic E-state index is 6.13. The molecule has 0 radical (unpaired) electrons. The molecule has 2 aliphatic carbocycles. The van der Waals surface area contributed by atoms with Crippen LogP contribution in [0.15, 0.2) is 0 Å². The smallest absolute Gasteiger partial charge is 0.0223 e. The molecular formula is C17H34N2. The van der Waals surface area contributed by atoms with Crippen molar-refractivity contribution < 1.29 is 0 Å². The van der Waals surface area contributed by atoms with Crippen molar-refractivity contribution in [2.75, 3.05) is 13.1 Å². The maximum atomic E-state index is 6.13. The second kappa shape index (κ2) is 8.26. The number of nitrogens with zero attached hydrogens (tertiary/aromatic N) is 1. The van der Waals surface area contributed by atoms with Gasteiger partial charge in [-0.05, 0) is 31.7 Å². The molecule has 0 spiro atoms. The van der Waals surface area contributed by atoms with Crippen molar-refractivity contribution in [1.29, 1.82) is 0 Å². The molecule has 2 rings (SSSR count). The van der Waals surface area contributed by atoms with E-state index in [0.717, 1.165) is 18.5 Å². The molecule has 0 aromatic heterocycles. The Bertz CT molecular complexity index is 229. The monoisotopic (exact) mass is 266 g/mol. The second-order valence-corrected chi connectivity index (χ2v) is 6.75. The number of hydrogen-bond donors (Lipinski definition) is 1. The fourth-order valence-electron chi connectivity index (χ4n) is 4.40. The van der Waals surface area contributed by atoms with E-state index in [1.807, 2.05) is 0 Å². The van der Waals surface area contributed by atoms with E-state index in [1.165, 1.54) is 77.2 Å². The lowest BCUT2D eigenvalue weighted by atomic mass is 9.83. The molecule has 0 aromatic carbocycles. The third-order valence-electron chi connectivity index (χ3n) is 5.48. The molecule has 0 amide bonds. The summed E-state index contributed by atoms with van der Waals surface area (Å²) in [6.07, 6.45) is 15.8. The van der Waals surface area contributed by atoms with Gasteiger partial charge in [-0.25, -0.2) is 0 Å². The maximum Gasteiger partial charge on any atom is 0.0223 e. The minimum absolute atomic E-state index is 0.649. The summed E-state index contributed by atoms with van der Waals surface area (Å²) < 4.78 is 0. The van der Waals surface area contributed by atoms with Crippen molar-refractivity contribution in [3.05, 3.63) is 0 Å². The van der Waals surface area contributed by atoms with E-state index >= 15 is 0 Å². The van der Waals surface area contributed by atoms with E-state index in [1.54, 1.807) is 0 Å². The molecule has 2 heteroatoms. The van der Waals surface area contributed by atoms with Gasteiger partial charge in [0.1, 0.15) is 0 Å². The summed E-state index contributed by atoms with van der Waals surface area (Å²) in [5.41, 5.74) is 6.13. The van der Waals surface area contributed by atoms with E-state index in [-0.39, 0.29) is 0 Å². The molecule has 2 N–H and O–H groups in total. The van der Waals surface area contributed by atoms with Crippen LogP contribution in [-0.4, -0.2) is 30.1 Å². The molecule has 2 saturated carbocycles. The van der Waals surface area contributed by atoms with Crippen LogP contribution < -0.4 is 5.73 Å². The fraction of sp³-hybridized carbons (Fsp3) is 1.00. The standard InChI is InChI=1S/C17H34N2/c1-2-19(16-11-7-4-8-12-16)17(14-18)13-15-9-5-3-6-10-15/h15-17H,2-14,18H2,1H3. The summed E-state index contributed by atoms with van der Waals surface area (Å²) in [7, 11) is 0. The van der Waals surface area contributed by atoms with Gasteiger partial charge in [-0.2, -0.15) is 0 Å². The summed E-state index contributed by atoms with van der Waals surface area (Å²) in [6, 6.07) is 1.48. The number of nitrogens with two attached hydrogens (primary N) is 1. The molecule has 0 saturated heterocycles. The summed E-state index contributed by atoms with van der Waals surface area (Å²) in [5.74, 6) is 0.958. The number of hydrogen-bond acceptors (Lipinski definition) is 2. The SMILES string of the molecule is CCN(C1CCCCC1)C(CN)CC1CCCCC1. The second-order valence-electron chi connectivity index (χ2n) is 6.75. The van der Waals surface area contributed by atoms with Crippen LogP contribution in [0.3, 0.4) is 0 Å². The van der Waals surface area contributed by atoms with Crippen molar-refractivity contribution in [3.63, 3.8) is 0 Å². The van der Waals surface area contributed by atoms with Crippen LogP contribution in [0.2, 0.25) is 0 Å². The molecule has 2 fully saturated rings. The molecule has 0 bridgehead atoms. The predicted octanol–water partition coefficient (Wildman–Crippen LogP) is 3.94. The third-order valence-corrected chi connectivity index (χ3v) is 5.48. The lowest BCUT2D eigenvalue weighted by molar-refractivity contribution is 0.0928. The molecule has 112 valence electrons. The summed E-state index contributed by atoms with van der Waals surface area (Å²) >= 11 is 0. The minimum Gasteiger partial charge on any atom is -0.329 e. The lowest BCUT2D eigenvalue weighted by Gasteiger charge is -2.40. The van der Waals surface area contributed by atoms with Crippen LogP contribution in [-0.2, 0) is 0 Å². The molecule has 0 aromatic rings. The van der Waals surface area contributed by atoms with E-state index in [0.29, 0.717) is 6.04 Å². The highest BCUT2D eigenvalue weighted by molar-refractivity contribution is 4.84. The minimum atomic E-state index is 0.649. The summed E-state index contributed by atoms with van der Waals surface area (Å²) in [6.45, 7) is 4.39. The quantitative estimate of drug-likeness (QED) is 0.789. The molecule has 0 heterocycles. The van der Waals surface area contributed by atoms with Gasteiger partial charge in [-0.3, -0.25) is 4.90 Å². The topological polar surface area (TPSA) is 29.3 Å². The van der Waals surface area contributed by atoms with Gasteiger partial charge in [0, 0.05) is 18.6 Å². The first-order valence-corrected chi connectivity index (χ1v) is 8.81. The highest BCUT2D eigenvalue weighted by atomic mass is 15.2. The van der Waals surface area contributed by atoms with Gasteiger partial charge in [0.05, 0.1) is 0 Å². The van der Waals surface area contributed by atoms with Crippen LogP contribution in [0.5, 0.6) is 0 Å². The third kappa shape index (κ3) is 4.46. The Kier molecular flexibility index (Phi) is 6.66. The van der Waals surface area contributed by atoms with Crippen molar-refractivity contribution in [2.45, 2.75) is 89.6 Å². The first-order valence-electron chi connectivity index (χ1n) is 8.81. The average Bonchev–Trinajstić information content (AvgIpc) is 2.49. The Hall–Kier alpha value is -0.0800. The van der Waals surface area contributed by atoms with Crippen LogP contribution in [0.4, 0.5) is 0 Å². The number of likely N-dealkylation sites (N-methyl/N-ethyl adjacent to an activating group) is 1. The lowest BCUT2D eigenvalue weighted by Crippen LogP contribution is -2.48. The van der Waals surface area contributed by atoms with E-state index < -0.39 is 0 Å². The molecule has 2 aliphatic rings. The molecule has 2 nitrogen and oxygen atoms in total. The van der Waals surface area contributed by atoms with E-state index in [2.05, 4.69) is 11.8 Å². The zero-order valence-electron chi connectivity index (χ0n) is 12.9. The van der Waals surface area contributed by atoms with Crippen molar-refractivity contribution in [2.24, 2.45) is 11.7 Å². The Morgan fingerprint density at radius 1 is 0.947 bits per heavy atom. The molecular weight excluding hydrogens is 232 g/mol. The Labute approximate surface area is 120 Å². The predicted molar refractivity (Wildman–Crippen MR) is 83.3 cm³/mol. The Morgan fingerprint density at radius 3 is 2.05 bits per heavy atom. The molecule has 19 heavy (non-hydrogen) atoms. The van der Waals surface area contributed by atoms with E-state index in [9.17, 15) is 0 Å². The summed E-state index contributed by atoms with van der Waals surface area (Å²) in [5, 5.41) is 0. The van der Waals surface area contributed by atoms with E-state index in [4.69, 9.17) is 5.73 Å². The molecule has 1 atom stereocenters. The van der Waals surface area contributed by atoms with Gasteiger partial charge in [0.2, 0.25) is 0 Å². The highest BCUT2D eigenvalue weighted by Crippen LogP contribution is 2.31. The zero-order valence-corrected chi connectivity index (χ0v) is 12.9. The van der Waals surface area contributed by atoms with Crippen LogP contribution in [0.25, 0.3) is 0 Å². The Balaban J connectivity index is 1.88. The van der Waals surface area contributed by atoms with Gasteiger partial charge < -0.3 is 5.73 Å². The van der Waals surface area contributed by atoms with Gasteiger partial charge >= 0.3 is 0 Å². The average molecular weight is 266 g/mol.